The van der Waals surface area contributed by atoms with Gasteiger partial charge in [-0.2, -0.15) is 9.61 Å². The van der Waals surface area contributed by atoms with Crippen LogP contribution in [0.4, 0.5) is 5.82 Å². The Kier molecular flexibility index (Phi) is 6.01. The Morgan fingerprint density at radius 3 is 2.63 bits per heavy atom. The first-order valence-electron chi connectivity index (χ1n) is 8.94. The number of rotatable bonds is 7. The van der Waals surface area contributed by atoms with Crippen molar-refractivity contribution in [2.45, 2.75) is 20.8 Å². The second kappa shape index (κ2) is 8.27. The molecular weight excluding hydrogens is 408 g/mol. The molecule has 2 aromatic heterocycles. The van der Waals surface area contributed by atoms with E-state index in [4.69, 9.17) is 19.6 Å². The number of hydrogen-bond donors (Lipinski definition) is 0. The number of hydrogen-bond acceptors (Lipinski definition) is 5. The molecule has 0 atom stereocenters. The minimum atomic E-state index is 0.657. The standard InChI is InChI=1S/C20H25BrN4O2/c1-6-24(9-10-26-4)18-11-13(2)22-20-19(14(3)23-25(18)20)16-8-7-15(21)12-17(16)27-5/h7-8,11-12H,6,9-10H2,1-5H3. The number of aryl methyl sites for hydroxylation is 2. The van der Waals surface area contributed by atoms with Crippen molar-refractivity contribution >= 4 is 27.4 Å². The molecule has 1 aromatic carbocycles. The van der Waals surface area contributed by atoms with Crippen LogP contribution in [0.25, 0.3) is 16.8 Å². The number of anilines is 1. The smallest absolute Gasteiger partial charge is 0.165 e. The van der Waals surface area contributed by atoms with E-state index >= 15 is 0 Å². The van der Waals surface area contributed by atoms with Crippen LogP contribution >= 0.6 is 15.9 Å². The number of benzene rings is 1. The van der Waals surface area contributed by atoms with E-state index in [2.05, 4.69) is 33.8 Å². The van der Waals surface area contributed by atoms with Crippen molar-refractivity contribution in [2.24, 2.45) is 0 Å². The number of aromatic nitrogens is 3. The number of ether oxygens (including phenoxy) is 2. The predicted molar refractivity (Wildman–Crippen MR) is 112 cm³/mol. The molecule has 2 heterocycles. The molecule has 0 N–H and O–H groups in total. The average Bonchev–Trinajstić information content (AvgIpc) is 2.97. The largest absolute Gasteiger partial charge is 0.496 e. The van der Waals surface area contributed by atoms with Crippen LogP contribution < -0.4 is 9.64 Å². The Labute approximate surface area is 168 Å². The van der Waals surface area contributed by atoms with Gasteiger partial charge in [0.05, 0.1) is 25.0 Å². The average molecular weight is 433 g/mol. The lowest BCUT2D eigenvalue weighted by Crippen LogP contribution is -2.29. The zero-order valence-electron chi connectivity index (χ0n) is 16.4. The van der Waals surface area contributed by atoms with Crippen LogP contribution in [-0.2, 0) is 4.74 Å². The maximum atomic E-state index is 5.61. The van der Waals surface area contributed by atoms with Gasteiger partial charge < -0.3 is 14.4 Å². The highest BCUT2D eigenvalue weighted by Crippen LogP contribution is 2.37. The van der Waals surface area contributed by atoms with Crippen LogP contribution in [0, 0.1) is 13.8 Å². The molecule has 0 saturated heterocycles. The van der Waals surface area contributed by atoms with Crippen LogP contribution in [0.15, 0.2) is 28.7 Å². The Balaban J connectivity index is 2.24. The van der Waals surface area contributed by atoms with Crippen LogP contribution in [0.3, 0.4) is 0 Å². The lowest BCUT2D eigenvalue weighted by molar-refractivity contribution is 0.205. The van der Waals surface area contributed by atoms with Crippen LogP contribution in [-0.4, -0.2) is 48.5 Å². The zero-order valence-corrected chi connectivity index (χ0v) is 18.0. The second-order valence-electron chi connectivity index (χ2n) is 6.37. The van der Waals surface area contributed by atoms with Gasteiger partial charge in [-0.1, -0.05) is 15.9 Å². The van der Waals surface area contributed by atoms with Gasteiger partial charge >= 0.3 is 0 Å². The molecule has 7 heteroatoms. The first-order valence-corrected chi connectivity index (χ1v) is 9.74. The summed E-state index contributed by atoms with van der Waals surface area (Å²) in [5.41, 5.74) is 4.67. The fraction of sp³-hybridized carbons (Fsp3) is 0.400. The van der Waals surface area contributed by atoms with Gasteiger partial charge in [-0.05, 0) is 39.0 Å². The summed E-state index contributed by atoms with van der Waals surface area (Å²) in [5.74, 6) is 1.81. The number of methoxy groups -OCH3 is 2. The van der Waals surface area contributed by atoms with Crippen molar-refractivity contribution in [1.29, 1.82) is 0 Å². The van der Waals surface area contributed by atoms with Crippen molar-refractivity contribution in [3.8, 4) is 16.9 Å². The van der Waals surface area contributed by atoms with Gasteiger partial charge in [0.2, 0.25) is 0 Å². The molecule has 6 nitrogen and oxygen atoms in total. The highest BCUT2D eigenvalue weighted by Gasteiger charge is 2.20. The molecule has 0 aliphatic rings. The van der Waals surface area contributed by atoms with Gasteiger partial charge in [0.1, 0.15) is 11.6 Å². The molecule has 3 rings (SSSR count). The molecular formula is C20H25BrN4O2. The third-order valence-electron chi connectivity index (χ3n) is 4.58. The third kappa shape index (κ3) is 3.80. The number of halogens is 1. The Morgan fingerprint density at radius 2 is 1.96 bits per heavy atom. The van der Waals surface area contributed by atoms with E-state index in [0.717, 1.165) is 57.3 Å². The first kappa shape index (κ1) is 19.6. The maximum absolute atomic E-state index is 5.61. The molecule has 0 fully saturated rings. The number of nitrogens with zero attached hydrogens (tertiary/aromatic N) is 4. The fourth-order valence-corrected chi connectivity index (χ4v) is 3.61. The van der Waals surface area contributed by atoms with Gasteiger partial charge in [-0.3, -0.25) is 0 Å². The minimum absolute atomic E-state index is 0.657. The molecule has 0 radical (unpaired) electrons. The van der Waals surface area contributed by atoms with Crippen LogP contribution in [0.2, 0.25) is 0 Å². The molecule has 0 bridgehead atoms. The summed E-state index contributed by atoms with van der Waals surface area (Å²) in [5, 5.41) is 4.81. The van der Waals surface area contributed by atoms with E-state index < -0.39 is 0 Å². The van der Waals surface area contributed by atoms with Crippen molar-refractivity contribution in [3.63, 3.8) is 0 Å². The van der Waals surface area contributed by atoms with E-state index in [9.17, 15) is 0 Å². The summed E-state index contributed by atoms with van der Waals surface area (Å²) in [6, 6.07) is 8.08. The summed E-state index contributed by atoms with van der Waals surface area (Å²) in [7, 11) is 3.40. The molecule has 0 spiro atoms. The first-order chi connectivity index (χ1) is 13.0. The van der Waals surface area contributed by atoms with Gasteiger partial charge in [-0.25, -0.2) is 4.98 Å². The van der Waals surface area contributed by atoms with Gasteiger partial charge in [0.25, 0.3) is 0 Å². The molecule has 0 amide bonds. The normalized spacial score (nSPS) is 11.2. The highest BCUT2D eigenvalue weighted by molar-refractivity contribution is 9.10. The van der Waals surface area contributed by atoms with Crippen molar-refractivity contribution < 1.29 is 9.47 Å². The summed E-state index contributed by atoms with van der Waals surface area (Å²) in [4.78, 5) is 7.05. The minimum Gasteiger partial charge on any atom is -0.496 e. The zero-order chi connectivity index (χ0) is 19.6. The molecule has 0 aliphatic carbocycles. The van der Waals surface area contributed by atoms with Gasteiger partial charge in [-0.15, -0.1) is 0 Å². The molecule has 0 unspecified atom stereocenters. The number of fused-ring (bicyclic) bond motifs is 1. The summed E-state index contributed by atoms with van der Waals surface area (Å²) in [6.45, 7) is 8.46. The molecule has 3 aromatic rings. The summed E-state index contributed by atoms with van der Waals surface area (Å²) >= 11 is 3.51. The fourth-order valence-electron chi connectivity index (χ4n) is 3.27. The van der Waals surface area contributed by atoms with E-state index in [-0.39, 0.29) is 0 Å². The second-order valence-corrected chi connectivity index (χ2v) is 7.28. The van der Waals surface area contributed by atoms with Gasteiger partial charge in [0.15, 0.2) is 5.65 Å². The Hall–Kier alpha value is -2.12. The van der Waals surface area contributed by atoms with Crippen molar-refractivity contribution in [1.82, 2.24) is 14.6 Å². The number of likely N-dealkylation sites (N-methyl/N-ethyl adjacent to an activating group) is 1. The SMILES string of the molecule is CCN(CCOC)c1cc(C)nc2c(-c3ccc(Br)cc3OC)c(C)nn12. The quantitative estimate of drug-likeness (QED) is 0.558. The Bertz CT molecular complexity index is 955. The maximum Gasteiger partial charge on any atom is 0.165 e. The summed E-state index contributed by atoms with van der Waals surface area (Å²) in [6.07, 6.45) is 0. The molecule has 0 aliphatic heterocycles. The predicted octanol–water partition coefficient (Wildman–Crippen LogP) is 4.26. The van der Waals surface area contributed by atoms with E-state index in [0.29, 0.717) is 6.61 Å². The molecule has 0 saturated carbocycles. The van der Waals surface area contributed by atoms with Crippen LogP contribution in [0.5, 0.6) is 5.75 Å². The van der Waals surface area contributed by atoms with Crippen molar-refractivity contribution in [2.75, 3.05) is 38.8 Å². The molecule has 144 valence electrons. The van der Waals surface area contributed by atoms with E-state index in [1.165, 1.54) is 0 Å². The summed E-state index contributed by atoms with van der Waals surface area (Å²) < 4.78 is 13.8. The van der Waals surface area contributed by atoms with E-state index in [1.54, 1.807) is 14.2 Å². The van der Waals surface area contributed by atoms with Gasteiger partial charge in [0, 0.05) is 42.0 Å². The molecule has 27 heavy (non-hydrogen) atoms. The lowest BCUT2D eigenvalue weighted by Gasteiger charge is -2.23. The van der Waals surface area contributed by atoms with Crippen molar-refractivity contribution in [3.05, 3.63) is 40.1 Å². The highest BCUT2D eigenvalue weighted by atomic mass is 79.9. The Morgan fingerprint density at radius 1 is 1.19 bits per heavy atom. The third-order valence-corrected chi connectivity index (χ3v) is 5.07. The topological polar surface area (TPSA) is 51.9 Å². The van der Waals surface area contributed by atoms with E-state index in [1.807, 2.05) is 36.6 Å². The monoisotopic (exact) mass is 432 g/mol. The lowest BCUT2D eigenvalue weighted by atomic mass is 10.1. The van der Waals surface area contributed by atoms with Crippen LogP contribution in [0.1, 0.15) is 18.3 Å².